The van der Waals surface area contributed by atoms with Crippen LogP contribution in [0.4, 0.5) is 0 Å². The highest BCUT2D eigenvalue weighted by Crippen LogP contribution is 2.39. The van der Waals surface area contributed by atoms with Crippen LogP contribution in [0.25, 0.3) is 0 Å². The first-order valence-electron chi connectivity index (χ1n) is 21.4. The predicted molar refractivity (Wildman–Crippen MR) is 267 cm³/mol. The molecule has 0 saturated heterocycles. The van der Waals surface area contributed by atoms with Crippen LogP contribution in [0.2, 0.25) is 56.4 Å². The monoisotopic (exact) mass is 991 g/mol. The average molecular weight is 994 g/mol. The molecule has 2 aromatic carbocycles. The van der Waals surface area contributed by atoms with E-state index in [2.05, 4.69) is 80.9 Å². The molecule has 0 aliphatic rings. The number of carbonyl (C=O) groups is 4. The van der Waals surface area contributed by atoms with Gasteiger partial charge in [-0.2, -0.15) is 0 Å². The van der Waals surface area contributed by atoms with E-state index in [-0.39, 0.29) is 66.0 Å². The highest BCUT2D eigenvalue weighted by Gasteiger charge is 2.37. The Morgan fingerprint density at radius 3 is 1.35 bits per heavy atom. The van der Waals surface area contributed by atoms with Crippen LogP contribution < -0.4 is 15.2 Å². The van der Waals surface area contributed by atoms with Gasteiger partial charge in [-0.1, -0.05) is 121 Å². The maximum absolute atomic E-state index is 12.3. The number of unbranched alkanes of at least 4 members (excludes halogenated alkanes) is 3. The van der Waals surface area contributed by atoms with Crippen molar-refractivity contribution < 1.29 is 42.6 Å². The molecule has 0 atom stereocenters. The normalized spacial score (nSPS) is 11.7. The second-order valence-corrected chi connectivity index (χ2v) is 29.2. The van der Waals surface area contributed by atoms with Gasteiger partial charge in [0.25, 0.3) is 0 Å². The molecule has 0 aliphatic carbocycles. The maximum Gasteiger partial charge on any atom is 0.341 e. The molecule has 356 valence electrons. The van der Waals surface area contributed by atoms with Crippen molar-refractivity contribution in [2.75, 3.05) is 33.0 Å². The first-order valence-corrected chi connectivity index (χ1v) is 28.7. The van der Waals surface area contributed by atoms with E-state index in [1.54, 1.807) is 19.1 Å². The Morgan fingerprint density at radius 2 is 1.00 bits per heavy atom. The fourth-order valence-electron chi connectivity index (χ4n) is 4.64. The number of aliphatic carboxylic acids is 1. The molecule has 0 amide bonds. The smallest absolute Gasteiger partial charge is 0.341 e. The topological polar surface area (TPSA) is 151 Å². The standard InChI is InChI=1S/C24H36Cl2O4Si.C13H12Cl2O4.C10H25NOSi/c1-8-17(2)23(28)19-13-14-20(22(26)21(19)25)29-16-18(27)12-10-9-11-15-30-31(6,7)24(3,4)5;1-3-7(2)13(18)8-4-5-9(12(15)11(8)14)19-6-10(16)17;1-10(2,3)13(4,5)12-9-7-6-8-11/h13-14H,2,8-12,15-16H2,1,3-7H3;4-5H,2-3,6H2,1H3,(H,16,17);6-9,11H2,1-5H3. The molecule has 63 heavy (non-hydrogen) atoms. The van der Waals surface area contributed by atoms with Gasteiger partial charge in [-0.05, 0) is 117 Å². The van der Waals surface area contributed by atoms with Crippen molar-refractivity contribution >= 4 is 86.4 Å². The number of carbonyl (C=O) groups excluding carboxylic acids is 3. The van der Waals surface area contributed by atoms with E-state index >= 15 is 0 Å². The summed E-state index contributed by atoms with van der Waals surface area (Å²) >= 11 is 24.4. The van der Waals surface area contributed by atoms with Gasteiger partial charge in [0.2, 0.25) is 0 Å². The number of benzene rings is 2. The maximum atomic E-state index is 12.3. The number of Topliss-reactive ketones (excluding diaryl/α,β-unsaturated/α-hetero) is 3. The molecule has 0 unspecified atom stereocenters. The highest BCUT2D eigenvalue weighted by atomic mass is 35.5. The predicted octanol–water partition coefficient (Wildman–Crippen LogP) is 14.0. The second-order valence-electron chi connectivity index (χ2n) is 18.1. The summed E-state index contributed by atoms with van der Waals surface area (Å²) < 4.78 is 22.6. The number of allylic oxidation sites excluding steroid dienone is 2. The fourth-order valence-corrected chi connectivity index (χ4v) is 7.74. The molecular weight excluding hydrogens is 920 g/mol. The summed E-state index contributed by atoms with van der Waals surface area (Å²) in [5.74, 6) is -1.26. The van der Waals surface area contributed by atoms with Crippen LogP contribution >= 0.6 is 46.4 Å². The van der Waals surface area contributed by atoms with Crippen molar-refractivity contribution in [3.05, 3.63) is 79.8 Å². The lowest BCUT2D eigenvalue weighted by Crippen LogP contribution is -2.41. The number of carboxylic acid groups (broad SMARTS) is 1. The van der Waals surface area contributed by atoms with E-state index in [4.69, 9.17) is 75.6 Å². The number of halogens is 4. The van der Waals surface area contributed by atoms with Gasteiger partial charge in [0, 0.05) is 30.8 Å². The van der Waals surface area contributed by atoms with Crippen LogP contribution in [-0.2, 0) is 18.4 Å². The van der Waals surface area contributed by atoms with E-state index < -0.39 is 29.2 Å². The highest BCUT2D eigenvalue weighted by molar-refractivity contribution is 6.74. The number of nitrogens with two attached hydrogens (primary N) is 1. The lowest BCUT2D eigenvalue weighted by atomic mass is 10.0. The van der Waals surface area contributed by atoms with Crippen molar-refractivity contribution in [2.24, 2.45) is 5.73 Å². The second kappa shape index (κ2) is 28.5. The molecule has 3 N–H and O–H groups in total. The molecule has 0 bridgehead atoms. The minimum absolute atomic E-state index is 0.00276. The Labute approximate surface area is 399 Å². The quantitative estimate of drug-likeness (QED) is 0.0450. The largest absolute Gasteiger partial charge is 0.484 e. The van der Waals surface area contributed by atoms with Crippen molar-refractivity contribution in [3.63, 3.8) is 0 Å². The molecule has 0 radical (unpaired) electrons. The molecule has 0 saturated carbocycles. The molecule has 0 aromatic heterocycles. The molecule has 0 heterocycles. The van der Waals surface area contributed by atoms with Gasteiger partial charge in [-0.25, -0.2) is 4.79 Å². The van der Waals surface area contributed by atoms with Crippen LogP contribution in [0.3, 0.4) is 0 Å². The minimum atomic E-state index is -1.70. The zero-order valence-corrected chi connectivity index (χ0v) is 44.7. The first-order chi connectivity index (χ1) is 29.0. The number of ether oxygens (including phenoxy) is 2. The molecule has 10 nitrogen and oxygen atoms in total. The number of ketones is 3. The van der Waals surface area contributed by atoms with Crippen molar-refractivity contribution in [2.45, 2.75) is 143 Å². The lowest BCUT2D eigenvalue weighted by molar-refractivity contribution is -0.139. The Bertz CT molecular complexity index is 1850. The Kier molecular flexibility index (Phi) is 27.4. The molecule has 0 fully saturated rings. The number of rotatable bonds is 24. The zero-order valence-electron chi connectivity index (χ0n) is 39.7. The van der Waals surface area contributed by atoms with Crippen LogP contribution in [-0.4, -0.2) is 78.0 Å². The average Bonchev–Trinajstić information content (AvgIpc) is 3.20. The van der Waals surface area contributed by atoms with E-state index in [0.717, 1.165) is 51.9 Å². The van der Waals surface area contributed by atoms with Gasteiger partial charge < -0.3 is 29.2 Å². The van der Waals surface area contributed by atoms with Gasteiger partial charge in [-0.15, -0.1) is 0 Å². The van der Waals surface area contributed by atoms with E-state index in [9.17, 15) is 19.2 Å². The SMILES string of the molecule is C=C(CC)C(=O)c1ccc(OCC(=O)CCCCCO[Si](C)(C)C(C)(C)C)c(Cl)c1Cl.C=C(CC)C(=O)c1ccc(OCC(=O)O)c(Cl)c1Cl.CC(C)(C)[Si](C)(C)OCCCCN. The van der Waals surface area contributed by atoms with Gasteiger partial charge in [0.15, 0.2) is 40.6 Å². The van der Waals surface area contributed by atoms with Crippen molar-refractivity contribution in [1.29, 1.82) is 0 Å². The van der Waals surface area contributed by atoms with E-state index in [1.165, 1.54) is 12.1 Å². The Morgan fingerprint density at radius 1 is 0.619 bits per heavy atom. The number of carboxylic acids is 1. The summed E-state index contributed by atoms with van der Waals surface area (Å²) in [6.07, 6.45) is 6.33. The third-order valence-corrected chi connectivity index (χ3v) is 21.9. The molecule has 2 rings (SSSR count). The summed E-state index contributed by atoms with van der Waals surface area (Å²) in [6.45, 7) is 35.4. The van der Waals surface area contributed by atoms with E-state index in [0.29, 0.717) is 41.2 Å². The minimum Gasteiger partial charge on any atom is -0.484 e. The molecule has 2 aromatic rings. The number of hydrogen-bond donors (Lipinski definition) is 2. The summed E-state index contributed by atoms with van der Waals surface area (Å²) in [7, 11) is -3.20. The zero-order chi connectivity index (χ0) is 48.9. The Balaban J connectivity index is 0.00000102. The van der Waals surface area contributed by atoms with Gasteiger partial charge >= 0.3 is 5.97 Å². The van der Waals surface area contributed by atoms with Crippen LogP contribution in [0.15, 0.2) is 48.6 Å². The van der Waals surface area contributed by atoms with Gasteiger partial charge in [0.1, 0.15) is 28.2 Å². The van der Waals surface area contributed by atoms with Gasteiger partial charge in [-0.3, -0.25) is 14.4 Å². The van der Waals surface area contributed by atoms with Crippen molar-refractivity contribution in [1.82, 2.24) is 0 Å². The van der Waals surface area contributed by atoms with Crippen LogP contribution in [0, 0.1) is 0 Å². The van der Waals surface area contributed by atoms with Crippen LogP contribution in [0.5, 0.6) is 11.5 Å². The molecule has 16 heteroatoms. The first kappa shape index (κ1) is 60.5. The lowest BCUT2D eigenvalue weighted by Gasteiger charge is -2.36. The summed E-state index contributed by atoms with van der Waals surface area (Å²) in [6, 6.07) is 5.97. The fraction of sp³-hybridized carbons (Fsp3) is 0.574. The molecule has 0 spiro atoms. The summed E-state index contributed by atoms with van der Waals surface area (Å²) in [5, 5.41) is 9.35. The summed E-state index contributed by atoms with van der Waals surface area (Å²) in [4.78, 5) is 46.8. The molecule has 0 aliphatic heterocycles. The molecular formula is C47H73Cl4NO9Si2. The third-order valence-electron chi connectivity index (χ3n) is 11.1. The summed E-state index contributed by atoms with van der Waals surface area (Å²) in [5.41, 5.74) is 6.80. The third kappa shape index (κ3) is 21.1. The van der Waals surface area contributed by atoms with Gasteiger partial charge in [0.05, 0.1) is 10.0 Å². The van der Waals surface area contributed by atoms with Crippen LogP contribution in [0.1, 0.15) is 127 Å². The Hall–Kier alpha value is -2.53. The number of hydrogen-bond acceptors (Lipinski definition) is 9. The van der Waals surface area contributed by atoms with E-state index in [1.807, 2.05) is 6.92 Å². The van der Waals surface area contributed by atoms with Crippen molar-refractivity contribution in [3.8, 4) is 11.5 Å².